The molecule has 2 aromatic heterocycles. The van der Waals surface area contributed by atoms with E-state index in [0.29, 0.717) is 10.9 Å². The van der Waals surface area contributed by atoms with E-state index in [2.05, 4.69) is 51.7 Å². The highest BCUT2D eigenvalue weighted by molar-refractivity contribution is 7.14. The molecule has 0 aliphatic heterocycles. The van der Waals surface area contributed by atoms with Crippen LogP contribution in [0.2, 0.25) is 0 Å². The summed E-state index contributed by atoms with van der Waals surface area (Å²) in [7, 11) is 0. The van der Waals surface area contributed by atoms with E-state index in [1.807, 2.05) is 23.6 Å². The van der Waals surface area contributed by atoms with Crippen molar-refractivity contribution in [3.63, 3.8) is 0 Å². The minimum absolute atomic E-state index is 0.445. The normalized spacial score (nSPS) is 10.6. The van der Waals surface area contributed by atoms with Crippen molar-refractivity contribution >= 4 is 22.3 Å². The Morgan fingerprint density at radius 3 is 2.20 bits per heavy atom. The molecule has 0 saturated heterocycles. The van der Waals surface area contributed by atoms with Gasteiger partial charge in [0, 0.05) is 10.9 Å². The molecule has 0 unspecified atom stereocenters. The molecule has 2 aromatic carbocycles. The molecule has 0 aliphatic rings. The van der Waals surface area contributed by atoms with E-state index >= 15 is 0 Å². The quantitative estimate of drug-likeness (QED) is 0.477. The van der Waals surface area contributed by atoms with Crippen molar-refractivity contribution in [2.45, 2.75) is 0 Å². The zero-order chi connectivity index (χ0) is 17.1. The number of rotatable bonds is 4. The number of pyridine rings is 1. The third kappa shape index (κ3) is 3.56. The van der Waals surface area contributed by atoms with Crippen LogP contribution in [0.15, 0.2) is 78.2 Å². The topological polar surface area (TPSA) is 37.8 Å². The van der Waals surface area contributed by atoms with Crippen molar-refractivity contribution in [1.29, 1.82) is 0 Å². The van der Waals surface area contributed by atoms with Gasteiger partial charge in [0.15, 0.2) is 5.13 Å². The van der Waals surface area contributed by atoms with Crippen LogP contribution in [0.3, 0.4) is 0 Å². The standard InChI is InChI=1S/C20H14FN3S/c21-18-7-4-8-19(23-18)24-20-22-17(13-25-20)16-11-9-15(10-12-16)14-5-2-1-3-6-14/h1-13H,(H,22,23,24). The first-order chi connectivity index (χ1) is 12.3. The molecule has 122 valence electrons. The second kappa shape index (κ2) is 6.83. The number of thiazole rings is 1. The van der Waals surface area contributed by atoms with E-state index in [-0.39, 0.29) is 0 Å². The Hall–Kier alpha value is -3.05. The molecule has 0 amide bonds. The third-order valence-corrected chi connectivity index (χ3v) is 4.50. The summed E-state index contributed by atoms with van der Waals surface area (Å²) in [5, 5.41) is 5.68. The van der Waals surface area contributed by atoms with Crippen LogP contribution in [0.1, 0.15) is 0 Å². The van der Waals surface area contributed by atoms with Crippen molar-refractivity contribution in [3.8, 4) is 22.4 Å². The second-order valence-electron chi connectivity index (χ2n) is 5.45. The summed E-state index contributed by atoms with van der Waals surface area (Å²) in [5.74, 6) is -0.0707. The number of hydrogen-bond acceptors (Lipinski definition) is 4. The van der Waals surface area contributed by atoms with Crippen LogP contribution in [0.4, 0.5) is 15.3 Å². The van der Waals surface area contributed by atoms with Gasteiger partial charge in [-0.15, -0.1) is 11.3 Å². The molecule has 0 saturated carbocycles. The Bertz CT molecular complexity index is 981. The molecule has 0 bridgehead atoms. The lowest BCUT2D eigenvalue weighted by molar-refractivity contribution is 0.585. The summed E-state index contributed by atoms with van der Waals surface area (Å²) >= 11 is 1.46. The largest absolute Gasteiger partial charge is 0.316 e. The molecular formula is C20H14FN3S. The second-order valence-corrected chi connectivity index (χ2v) is 6.31. The number of benzene rings is 2. The van der Waals surface area contributed by atoms with Gasteiger partial charge in [-0.25, -0.2) is 9.97 Å². The Labute approximate surface area is 148 Å². The monoisotopic (exact) mass is 347 g/mol. The molecule has 3 nitrogen and oxygen atoms in total. The van der Waals surface area contributed by atoms with E-state index in [9.17, 15) is 4.39 Å². The van der Waals surface area contributed by atoms with Gasteiger partial charge < -0.3 is 5.32 Å². The van der Waals surface area contributed by atoms with E-state index < -0.39 is 5.95 Å². The van der Waals surface area contributed by atoms with Gasteiger partial charge in [-0.3, -0.25) is 0 Å². The van der Waals surface area contributed by atoms with E-state index in [4.69, 9.17) is 0 Å². The maximum Gasteiger partial charge on any atom is 0.214 e. The van der Waals surface area contributed by atoms with Crippen molar-refractivity contribution < 1.29 is 4.39 Å². The van der Waals surface area contributed by atoms with E-state index in [0.717, 1.165) is 11.3 Å². The molecule has 4 rings (SSSR count). The zero-order valence-electron chi connectivity index (χ0n) is 13.2. The lowest BCUT2D eigenvalue weighted by Gasteiger charge is -2.03. The van der Waals surface area contributed by atoms with Crippen molar-refractivity contribution in [1.82, 2.24) is 9.97 Å². The zero-order valence-corrected chi connectivity index (χ0v) is 14.0. The van der Waals surface area contributed by atoms with Crippen LogP contribution in [-0.2, 0) is 0 Å². The fourth-order valence-corrected chi connectivity index (χ4v) is 3.24. The molecule has 2 heterocycles. The van der Waals surface area contributed by atoms with Gasteiger partial charge in [-0.1, -0.05) is 60.7 Å². The minimum atomic E-state index is -0.515. The summed E-state index contributed by atoms with van der Waals surface area (Å²) in [4.78, 5) is 8.34. The fourth-order valence-electron chi connectivity index (χ4n) is 2.52. The summed E-state index contributed by atoms with van der Waals surface area (Å²) in [6, 6.07) is 23.2. The maximum atomic E-state index is 13.1. The summed E-state index contributed by atoms with van der Waals surface area (Å²) in [6.45, 7) is 0. The Morgan fingerprint density at radius 1 is 0.720 bits per heavy atom. The molecular weight excluding hydrogens is 333 g/mol. The summed E-state index contributed by atoms with van der Waals surface area (Å²) in [6.07, 6.45) is 0. The lowest BCUT2D eigenvalue weighted by Crippen LogP contribution is -1.94. The number of nitrogens with zero attached hydrogens (tertiary/aromatic N) is 2. The first-order valence-electron chi connectivity index (χ1n) is 7.79. The van der Waals surface area contributed by atoms with Crippen LogP contribution < -0.4 is 5.32 Å². The van der Waals surface area contributed by atoms with Crippen LogP contribution in [-0.4, -0.2) is 9.97 Å². The summed E-state index contributed by atoms with van der Waals surface area (Å²) < 4.78 is 13.1. The average molecular weight is 347 g/mol. The smallest absolute Gasteiger partial charge is 0.214 e. The van der Waals surface area contributed by atoms with Gasteiger partial charge in [-0.05, 0) is 23.3 Å². The number of aromatic nitrogens is 2. The molecule has 0 fully saturated rings. The number of nitrogens with one attached hydrogen (secondary N) is 1. The molecule has 0 atom stereocenters. The average Bonchev–Trinajstić information content (AvgIpc) is 3.11. The maximum absolute atomic E-state index is 13.1. The van der Waals surface area contributed by atoms with Crippen LogP contribution in [0.5, 0.6) is 0 Å². The SMILES string of the molecule is Fc1cccc(Nc2nc(-c3ccc(-c4ccccc4)cc3)cs2)n1. The number of hydrogen-bond donors (Lipinski definition) is 1. The minimum Gasteiger partial charge on any atom is -0.316 e. The Morgan fingerprint density at radius 2 is 1.44 bits per heavy atom. The predicted molar refractivity (Wildman–Crippen MR) is 100 cm³/mol. The summed E-state index contributed by atoms with van der Waals surface area (Å²) in [5.41, 5.74) is 4.27. The van der Waals surface area contributed by atoms with Gasteiger partial charge >= 0.3 is 0 Å². The molecule has 5 heteroatoms. The molecule has 4 aromatic rings. The molecule has 0 spiro atoms. The Balaban J connectivity index is 1.54. The number of halogens is 1. The van der Waals surface area contributed by atoms with Crippen LogP contribution in [0, 0.1) is 5.95 Å². The van der Waals surface area contributed by atoms with E-state index in [1.165, 1.54) is 28.5 Å². The molecule has 0 aliphatic carbocycles. The lowest BCUT2D eigenvalue weighted by atomic mass is 10.0. The van der Waals surface area contributed by atoms with Crippen LogP contribution in [0.25, 0.3) is 22.4 Å². The number of anilines is 2. The van der Waals surface area contributed by atoms with E-state index in [1.54, 1.807) is 12.1 Å². The third-order valence-electron chi connectivity index (χ3n) is 3.74. The molecule has 1 N–H and O–H groups in total. The van der Waals surface area contributed by atoms with Gasteiger partial charge in [-0.2, -0.15) is 4.39 Å². The fraction of sp³-hybridized carbons (Fsp3) is 0. The Kier molecular flexibility index (Phi) is 4.23. The first-order valence-corrected chi connectivity index (χ1v) is 8.67. The molecule has 0 radical (unpaired) electrons. The highest BCUT2D eigenvalue weighted by Crippen LogP contribution is 2.28. The van der Waals surface area contributed by atoms with Crippen molar-refractivity contribution in [3.05, 3.63) is 84.1 Å². The first kappa shape index (κ1) is 15.5. The van der Waals surface area contributed by atoms with Crippen LogP contribution >= 0.6 is 11.3 Å². The van der Waals surface area contributed by atoms with Crippen molar-refractivity contribution in [2.24, 2.45) is 0 Å². The highest BCUT2D eigenvalue weighted by Gasteiger charge is 2.06. The van der Waals surface area contributed by atoms with Gasteiger partial charge in [0.05, 0.1) is 5.69 Å². The highest BCUT2D eigenvalue weighted by atomic mass is 32.1. The molecule has 25 heavy (non-hydrogen) atoms. The van der Waals surface area contributed by atoms with Gasteiger partial charge in [0.25, 0.3) is 0 Å². The van der Waals surface area contributed by atoms with Crippen molar-refractivity contribution in [2.75, 3.05) is 5.32 Å². The predicted octanol–water partition coefficient (Wildman–Crippen LogP) is 5.75. The van der Waals surface area contributed by atoms with Gasteiger partial charge in [0.1, 0.15) is 5.82 Å². The van der Waals surface area contributed by atoms with Gasteiger partial charge in [0.2, 0.25) is 5.95 Å².